The van der Waals surface area contributed by atoms with Crippen LogP contribution in [0.4, 0.5) is 0 Å². The van der Waals surface area contributed by atoms with Crippen LogP contribution < -0.4 is 9.47 Å². The van der Waals surface area contributed by atoms with Crippen LogP contribution in [0.25, 0.3) is 6.08 Å². The summed E-state index contributed by atoms with van der Waals surface area (Å²) in [5.74, 6) is 0.910. The van der Waals surface area contributed by atoms with E-state index in [0.717, 1.165) is 5.56 Å². The van der Waals surface area contributed by atoms with Crippen molar-refractivity contribution in [2.24, 2.45) is 0 Å². The number of hydrogen-bond donors (Lipinski definition) is 0. The van der Waals surface area contributed by atoms with E-state index in [2.05, 4.69) is 4.98 Å². The fourth-order valence-corrected chi connectivity index (χ4v) is 0.981. The lowest BCUT2D eigenvalue weighted by atomic mass is 10.2. The summed E-state index contributed by atoms with van der Waals surface area (Å²) in [5.41, 5.74) is 0.736. The summed E-state index contributed by atoms with van der Waals surface area (Å²) in [7, 11) is 3.04. The van der Waals surface area contributed by atoms with Gasteiger partial charge < -0.3 is 9.47 Å². The predicted molar refractivity (Wildman–Crippen MR) is 52.4 cm³/mol. The monoisotopic (exact) mass is 193 g/mol. The molecule has 0 fully saturated rings. The lowest BCUT2D eigenvalue weighted by molar-refractivity contribution is -0.104. The third kappa shape index (κ3) is 2.32. The molecule has 0 bridgehead atoms. The van der Waals surface area contributed by atoms with E-state index in [1.165, 1.54) is 20.3 Å². The SMILES string of the molecule is COc1ccc(C=CC=O)c(OC)n1. The van der Waals surface area contributed by atoms with Gasteiger partial charge in [0.2, 0.25) is 11.8 Å². The maximum Gasteiger partial charge on any atom is 0.223 e. The molecule has 0 aromatic carbocycles. The molecule has 0 atom stereocenters. The van der Waals surface area contributed by atoms with Crippen molar-refractivity contribution >= 4 is 12.4 Å². The molecule has 4 nitrogen and oxygen atoms in total. The molecule has 4 heteroatoms. The summed E-state index contributed by atoms with van der Waals surface area (Å²) in [6.07, 6.45) is 3.70. The number of carbonyl (C=O) groups excluding carboxylic acids is 1. The zero-order valence-electron chi connectivity index (χ0n) is 8.06. The van der Waals surface area contributed by atoms with Gasteiger partial charge in [0.05, 0.1) is 14.2 Å². The van der Waals surface area contributed by atoms with Gasteiger partial charge in [-0.1, -0.05) is 0 Å². The third-order valence-electron chi connectivity index (χ3n) is 1.62. The van der Waals surface area contributed by atoms with Gasteiger partial charge in [0, 0.05) is 11.6 Å². The Hall–Kier alpha value is -1.84. The van der Waals surface area contributed by atoms with E-state index in [1.807, 2.05) is 0 Å². The molecule has 14 heavy (non-hydrogen) atoms. The number of rotatable bonds is 4. The van der Waals surface area contributed by atoms with Crippen LogP contribution in [0.15, 0.2) is 18.2 Å². The molecule has 0 aliphatic carbocycles. The second-order valence-electron chi connectivity index (χ2n) is 2.45. The Morgan fingerprint density at radius 3 is 2.64 bits per heavy atom. The number of ether oxygens (including phenoxy) is 2. The van der Waals surface area contributed by atoms with E-state index in [9.17, 15) is 4.79 Å². The first-order valence-electron chi connectivity index (χ1n) is 4.02. The van der Waals surface area contributed by atoms with Crippen molar-refractivity contribution in [3.8, 4) is 11.8 Å². The molecule has 0 amide bonds. The number of aromatic nitrogens is 1. The average molecular weight is 193 g/mol. The van der Waals surface area contributed by atoms with E-state index in [-0.39, 0.29) is 0 Å². The Kier molecular flexibility index (Phi) is 3.67. The molecular formula is C10H11NO3. The largest absolute Gasteiger partial charge is 0.481 e. The van der Waals surface area contributed by atoms with Crippen LogP contribution in [-0.2, 0) is 4.79 Å². The molecule has 1 rings (SSSR count). The minimum Gasteiger partial charge on any atom is -0.481 e. The Labute approximate surface area is 82.2 Å². The topological polar surface area (TPSA) is 48.4 Å². The van der Waals surface area contributed by atoms with Crippen LogP contribution >= 0.6 is 0 Å². The highest BCUT2D eigenvalue weighted by Gasteiger charge is 2.02. The molecule has 0 radical (unpaired) electrons. The number of hydrogen-bond acceptors (Lipinski definition) is 4. The standard InChI is InChI=1S/C10H11NO3/c1-13-9-6-5-8(4-3-7-12)10(11-9)14-2/h3-7H,1-2H3. The van der Waals surface area contributed by atoms with E-state index in [0.29, 0.717) is 18.0 Å². The van der Waals surface area contributed by atoms with Crippen LogP contribution in [-0.4, -0.2) is 25.5 Å². The summed E-state index contributed by atoms with van der Waals surface area (Å²) in [6, 6.07) is 3.47. The van der Waals surface area contributed by atoms with Crippen molar-refractivity contribution in [2.45, 2.75) is 0 Å². The van der Waals surface area contributed by atoms with Crippen molar-refractivity contribution in [1.29, 1.82) is 0 Å². The van der Waals surface area contributed by atoms with Crippen molar-refractivity contribution in [3.63, 3.8) is 0 Å². The molecule has 0 aliphatic rings. The maximum absolute atomic E-state index is 10.1. The van der Waals surface area contributed by atoms with Crippen molar-refractivity contribution < 1.29 is 14.3 Å². The van der Waals surface area contributed by atoms with Gasteiger partial charge >= 0.3 is 0 Å². The zero-order chi connectivity index (χ0) is 10.4. The molecule has 0 saturated heterocycles. The molecule has 0 aliphatic heterocycles. The van der Waals surface area contributed by atoms with Gasteiger partial charge in [0.25, 0.3) is 0 Å². The summed E-state index contributed by atoms with van der Waals surface area (Å²) in [5, 5.41) is 0. The Morgan fingerprint density at radius 1 is 1.29 bits per heavy atom. The van der Waals surface area contributed by atoms with Gasteiger partial charge in [-0.05, 0) is 18.2 Å². The lowest BCUT2D eigenvalue weighted by Gasteiger charge is -2.05. The van der Waals surface area contributed by atoms with Crippen LogP contribution in [0.1, 0.15) is 5.56 Å². The molecule has 1 aromatic heterocycles. The second kappa shape index (κ2) is 5.01. The first-order chi connectivity index (χ1) is 6.81. The van der Waals surface area contributed by atoms with Gasteiger partial charge in [-0.2, -0.15) is 4.98 Å². The summed E-state index contributed by atoms with van der Waals surface area (Å²) < 4.78 is 9.96. The molecule has 1 heterocycles. The normalized spacial score (nSPS) is 10.1. The fraction of sp³-hybridized carbons (Fsp3) is 0.200. The third-order valence-corrected chi connectivity index (χ3v) is 1.62. The number of pyridine rings is 1. The van der Waals surface area contributed by atoms with E-state index < -0.39 is 0 Å². The fourth-order valence-electron chi connectivity index (χ4n) is 0.981. The molecule has 0 unspecified atom stereocenters. The molecular weight excluding hydrogens is 182 g/mol. The molecule has 0 saturated carbocycles. The quantitative estimate of drug-likeness (QED) is 0.534. The highest BCUT2D eigenvalue weighted by atomic mass is 16.5. The molecule has 0 N–H and O–H groups in total. The van der Waals surface area contributed by atoms with Crippen molar-refractivity contribution in [1.82, 2.24) is 4.98 Å². The highest BCUT2D eigenvalue weighted by Crippen LogP contribution is 2.20. The highest BCUT2D eigenvalue weighted by molar-refractivity contribution is 5.74. The predicted octanol–water partition coefficient (Wildman–Crippen LogP) is 1.31. The van der Waals surface area contributed by atoms with E-state index in [1.54, 1.807) is 18.2 Å². The Balaban J connectivity index is 3.04. The van der Waals surface area contributed by atoms with Gasteiger partial charge in [-0.15, -0.1) is 0 Å². The van der Waals surface area contributed by atoms with Gasteiger partial charge in [-0.3, -0.25) is 4.79 Å². The second-order valence-corrected chi connectivity index (χ2v) is 2.45. The van der Waals surface area contributed by atoms with Crippen LogP contribution in [0, 0.1) is 0 Å². The number of allylic oxidation sites excluding steroid dienone is 1. The van der Waals surface area contributed by atoms with Gasteiger partial charge in [0.1, 0.15) is 6.29 Å². The van der Waals surface area contributed by atoms with Crippen molar-refractivity contribution in [2.75, 3.05) is 14.2 Å². The minimum atomic E-state index is 0.433. The van der Waals surface area contributed by atoms with Crippen molar-refractivity contribution in [3.05, 3.63) is 23.8 Å². The summed E-state index contributed by atoms with van der Waals surface area (Å²) in [6.45, 7) is 0. The Bertz CT molecular complexity index is 347. The molecule has 1 aromatic rings. The van der Waals surface area contributed by atoms with E-state index in [4.69, 9.17) is 9.47 Å². The summed E-state index contributed by atoms with van der Waals surface area (Å²) >= 11 is 0. The number of carbonyl (C=O) groups is 1. The number of nitrogens with zero attached hydrogens (tertiary/aromatic N) is 1. The first-order valence-corrected chi connectivity index (χ1v) is 4.02. The van der Waals surface area contributed by atoms with Crippen LogP contribution in [0.2, 0.25) is 0 Å². The van der Waals surface area contributed by atoms with Gasteiger partial charge in [-0.25, -0.2) is 0 Å². The number of methoxy groups -OCH3 is 2. The van der Waals surface area contributed by atoms with Crippen LogP contribution in [0.3, 0.4) is 0 Å². The van der Waals surface area contributed by atoms with Crippen LogP contribution in [0.5, 0.6) is 11.8 Å². The number of aldehydes is 1. The minimum absolute atomic E-state index is 0.433. The maximum atomic E-state index is 10.1. The molecule has 0 spiro atoms. The lowest BCUT2D eigenvalue weighted by Crippen LogP contribution is -1.94. The zero-order valence-corrected chi connectivity index (χ0v) is 8.06. The molecule has 74 valence electrons. The van der Waals surface area contributed by atoms with E-state index >= 15 is 0 Å². The Morgan fingerprint density at radius 2 is 2.07 bits per heavy atom. The first kappa shape index (κ1) is 10.2. The summed E-state index contributed by atoms with van der Waals surface area (Å²) in [4.78, 5) is 14.2. The average Bonchev–Trinajstić information content (AvgIpc) is 2.26. The van der Waals surface area contributed by atoms with Gasteiger partial charge in [0.15, 0.2) is 0 Å². The smallest absolute Gasteiger partial charge is 0.223 e.